The van der Waals surface area contributed by atoms with Gasteiger partial charge in [0.2, 0.25) is 9.70 Å². The van der Waals surface area contributed by atoms with Gasteiger partial charge < -0.3 is 15.0 Å². The normalized spacial score (nSPS) is 23.6. The molecule has 29 heavy (non-hydrogen) atoms. The zero-order valence-electron chi connectivity index (χ0n) is 15.0. The fourth-order valence-corrected chi connectivity index (χ4v) is 4.68. The summed E-state index contributed by atoms with van der Waals surface area (Å²) in [6.45, 7) is 1.41. The van der Waals surface area contributed by atoms with Crippen LogP contribution in [-0.4, -0.2) is 49.7 Å². The molecule has 3 rings (SSSR count). The van der Waals surface area contributed by atoms with E-state index >= 15 is 0 Å². The van der Waals surface area contributed by atoms with Crippen molar-refractivity contribution in [2.45, 2.75) is 33.8 Å². The number of nitrogens with one attached hydrogen (secondary N) is 1. The van der Waals surface area contributed by atoms with Crippen molar-refractivity contribution in [2.24, 2.45) is 0 Å². The number of carbonyl (C=O) groups excluding carboxylic acids is 3. The molecule has 0 saturated carbocycles. The highest BCUT2D eigenvalue weighted by Gasteiger charge is 2.51. The smallest absolute Gasteiger partial charge is 0.336 e. The minimum absolute atomic E-state index is 0.113. The summed E-state index contributed by atoms with van der Waals surface area (Å²) in [5.41, 5.74) is 1.04. The predicted octanol–water partition coefficient (Wildman–Crippen LogP) is 3.47. The molecule has 0 bridgehead atoms. The number of hydrogen-bond acceptors (Lipinski definition) is 5. The number of nitrogens with zero attached hydrogens (tertiary/aromatic N) is 1. The van der Waals surface area contributed by atoms with Gasteiger partial charge in [0, 0.05) is 16.5 Å². The van der Waals surface area contributed by atoms with Crippen molar-refractivity contribution >= 4 is 75.9 Å². The topological polar surface area (TPSA) is 75.7 Å². The Labute approximate surface area is 191 Å². The Hall–Kier alpha value is -1.12. The number of rotatable bonds is 5. The molecule has 0 spiro atoms. The van der Waals surface area contributed by atoms with Crippen molar-refractivity contribution in [1.82, 2.24) is 10.2 Å². The van der Waals surface area contributed by atoms with Gasteiger partial charge in [0.1, 0.15) is 18.0 Å². The van der Waals surface area contributed by atoms with Crippen LogP contribution >= 0.6 is 58.2 Å². The average Bonchev–Trinajstić information content (AvgIpc) is 2.63. The van der Waals surface area contributed by atoms with Crippen LogP contribution < -0.4 is 5.32 Å². The number of thioether (sulfide) groups is 1. The number of β-lactam (4-membered cyclic amide) rings is 1. The summed E-state index contributed by atoms with van der Waals surface area (Å²) in [6.07, 6.45) is 1.55. The van der Waals surface area contributed by atoms with E-state index in [2.05, 4.69) is 5.32 Å². The molecule has 0 aromatic heterocycles. The molecule has 3 atom stereocenters. The highest BCUT2D eigenvalue weighted by Crippen LogP contribution is 2.40. The fourth-order valence-electron chi connectivity index (χ4n) is 2.94. The van der Waals surface area contributed by atoms with Crippen LogP contribution in [0.3, 0.4) is 0 Å². The zero-order chi connectivity index (χ0) is 21.3. The monoisotopic (exact) mass is 496 g/mol. The van der Waals surface area contributed by atoms with Crippen LogP contribution in [0.4, 0.5) is 0 Å². The standard InChI is InChI=1S/C18H16Cl4N2O4S/c1-9-12(17(27)28-8-18(20,21)22)7-24-15(26)14(16(24)29-9)23-13(25)6-10-3-2-4-11(19)5-10/h2-5,7,9,14,16H,6,8H2,1H3,(H,23,25)/t9?,14?,16-/m1/s1. The van der Waals surface area contributed by atoms with Gasteiger partial charge in [0.15, 0.2) is 0 Å². The van der Waals surface area contributed by atoms with Gasteiger partial charge in [0.25, 0.3) is 5.91 Å². The molecule has 1 fully saturated rings. The van der Waals surface area contributed by atoms with Gasteiger partial charge in [-0.3, -0.25) is 9.59 Å². The summed E-state index contributed by atoms with van der Waals surface area (Å²) in [4.78, 5) is 38.4. The highest BCUT2D eigenvalue weighted by atomic mass is 35.6. The van der Waals surface area contributed by atoms with Crippen molar-refractivity contribution < 1.29 is 19.1 Å². The van der Waals surface area contributed by atoms with Crippen LogP contribution in [0, 0.1) is 0 Å². The van der Waals surface area contributed by atoms with Crippen LogP contribution in [0.25, 0.3) is 0 Å². The third-order valence-electron chi connectivity index (χ3n) is 4.31. The van der Waals surface area contributed by atoms with Crippen molar-refractivity contribution in [1.29, 1.82) is 0 Å². The molecule has 2 heterocycles. The number of benzene rings is 1. The maximum atomic E-state index is 12.4. The van der Waals surface area contributed by atoms with Gasteiger partial charge in [-0.25, -0.2) is 4.79 Å². The number of amides is 2. The van der Waals surface area contributed by atoms with E-state index in [1.54, 1.807) is 31.2 Å². The maximum absolute atomic E-state index is 12.4. The molecule has 2 aliphatic rings. The van der Waals surface area contributed by atoms with Crippen molar-refractivity contribution in [3.8, 4) is 0 Å². The number of halogens is 4. The predicted molar refractivity (Wildman–Crippen MR) is 114 cm³/mol. The number of fused-ring (bicyclic) bond motifs is 1. The molecule has 11 heteroatoms. The van der Waals surface area contributed by atoms with Gasteiger partial charge in [-0.15, -0.1) is 11.8 Å². The molecule has 0 radical (unpaired) electrons. The van der Waals surface area contributed by atoms with E-state index in [1.165, 1.54) is 22.9 Å². The largest absolute Gasteiger partial charge is 0.458 e. The second-order valence-corrected chi connectivity index (χ2v) is 11.0. The summed E-state index contributed by atoms with van der Waals surface area (Å²) in [5, 5.41) is 2.73. The summed E-state index contributed by atoms with van der Waals surface area (Å²) in [5.74, 6) is -1.24. The minimum atomic E-state index is -1.71. The van der Waals surface area contributed by atoms with Gasteiger partial charge in [-0.05, 0) is 24.6 Å². The first-order valence-electron chi connectivity index (χ1n) is 8.52. The van der Waals surface area contributed by atoms with Gasteiger partial charge in [-0.2, -0.15) is 0 Å². The number of esters is 1. The zero-order valence-corrected chi connectivity index (χ0v) is 18.9. The fraction of sp³-hybridized carbons (Fsp3) is 0.389. The summed E-state index contributed by atoms with van der Waals surface area (Å²) >= 11 is 24.1. The Morgan fingerprint density at radius 2 is 2.03 bits per heavy atom. The first kappa shape index (κ1) is 22.6. The van der Waals surface area contributed by atoms with Crippen LogP contribution in [0.1, 0.15) is 12.5 Å². The third-order valence-corrected chi connectivity index (χ3v) is 6.32. The first-order valence-corrected chi connectivity index (χ1v) is 11.0. The lowest BCUT2D eigenvalue weighted by Crippen LogP contribution is -2.69. The van der Waals surface area contributed by atoms with E-state index in [4.69, 9.17) is 51.1 Å². The van der Waals surface area contributed by atoms with Crippen LogP contribution in [0.2, 0.25) is 5.02 Å². The molecule has 0 aliphatic carbocycles. The SMILES string of the molecule is CC1S[C@@H]2C(NC(=O)Cc3cccc(Cl)c3)C(=O)N2C=C1C(=O)OCC(Cl)(Cl)Cl. The van der Waals surface area contributed by atoms with Crippen LogP contribution in [0.15, 0.2) is 36.0 Å². The van der Waals surface area contributed by atoms with Crippen molar-refractivity contribution in [3.05, 3.63) is 46.6 Å². The molecule has 2 unspecified atom stereocenters. The molecule has 156 valence electrons. The summed E-state index contributed by atoms with van der Waals surface area (Å²) in [7, 11) is 0. The van der Waals surface area contributed by atoms with E-state index in [9.17, 15) is 14.4 Å². The van der Waals surface area contributed by atoms with Gasteiger partial charge in [0.05, 0.1) is 12.0 Å². The molecule has 6 nitrogen and oxygen atoms in total. The molecule has 1 aromatic rings. The van der Waals surface area contributed by atoms with E-state index in [-0.39, 0.29) is 34.4 Å². The molecule has 1 aromatic carbocycles. The third kappa shape index (κ3) is 5.52. The van der Waals surface area contributed by atoms with E-state index in [0.717, 1.165) is 5.56 Å². The quantitative estimate of drug-likeness (QED) is 0.383. The molecule has 1 saturated heterocycles. The van der Waals surface area contributed by atoms with Crippen LogP contribution in [0.5, 0.6) is 0 Å². The van der Waals surface area contributed by atoms with Gasteiger partial charge in [-0.1, -0.05) is 58.5 Å². The summed E-state index contributed by atoms with van der Waals surface area (Å²) in [6, 6.07) is 6.30. The van der Waals surface area contributed by atoms with Crippen LogP contribution in [-0.2, 0) is 25.5 Å². The second kappa shape index (κ2) is 8.94. The number of ether oxygens (including phenoxy) is 1. The Kier molecular flexibility index (Phi) is 6.95. The van der Waals surface area contributed by atoms with Crippen molar-refractivity contribution in [3.63, 3.8) is 0 Å². The lowest BCUT2D eigenvalue weighted by Gasteiger charge is -2.48. The molecular weight excluding hydrogens is 482 g/mol. The molecule has 2 amide bonds. The second-order valence-electron chi connectivity index (χ2n) is 6.54. The average molecular weight is 498 g/mol. The highest BCUT2D eigenvalue weighted by molar-refractivity contribution is 8.00. The first-order chi connectivity index (χ1) is 13.5. The molecule has 1 N–H and O–H groups in total. The van der Waals surface area contributed by atoms with E-state index in [1.807, 2.05) is 0 Å². The maximum Gasteiger partial charge on any atom is 0.336 e. The lowest BCUT2D eigenvalue weighted by molar-refractivity contribution is -0.145. The Morgan fingerprint density at radius 1 is 1.31 bits per heavy atom. The number of alkyl halides is 3. The lowest BCUT2D eigenvalue weighted by atomic mass is 10.0. The minimum Gasteiger partial charge on any atom is -0.458 e. The Balaban J connectivity index is 1.60. The van der Waals surface area contributed by atoms with E-state index < -0.39 is 22.4 Å². The Morgan fingerprint density at radius 3 is 2.69 bits per heavy atom. The molecular formula is C18H16Cl4N2O4S. The summed E-state index contributed by atoms with van der Waals surface area (Å²) < 4.78 is 3.28. The molecule has 2 aliphatic heterocycles. The number of carbonyl (C=O) groups is 3. The van der Waals surface area contributed by atoms with E-state index in [0.29, 0.717) is 5.02 Å². The number of hydrogen-bond donors (Lipinski definition) is 1. The van der Waals surface area contributed by atoms with Gasteiger partial charge >= 0.3 is 5.97 Å². The van der Waals surface area contributed by atoms with Crippen molar-refractivity contribution in [2.75, 3.05) is 6.61 Å². The Bertz CT molecular complexity index is 874.